The number of ether oxygens (including phenoxy) is 1. The van der Waals surface area contributed by atoms with Crippen LogP contribution in [0.3, 0.4) is 0 Å². The van der Waals surface area contributed by atoms with Crippen molar-refractivity contribution in [2.24, 2.45) is 10.9 Å². The monoisotopic (exact) mass is 237 g/mol. The molecule has 0 spiro atoms. The van der Waals surface area contributed by atoms with E-state index in [4.69, 9.17) is 4.74 Å². The number of benzene rings is 1. The van der Waals surface area contributed by atoms with Gasteiger partial charge in [0, 0.05) is 32.5 Å². The van der Waals surface area contributed by atoms with Gasteiger partial charge < -0.3 is 9.73 Å². The molecule has 0 radical (unpaired) electrons. The molecule has 3 nitrogen and oxygen atoms in total. The molecule has 0 aliphatic rings. The molecule has 1 atom stereocenters. The Morgan fingerprint density at radius 2 is 2.12 bits per heavy atom. The number of hydrogen-bond acceptors (Lipinski definition) is 3. The highest BCUT2D eigenvalue weighted by Crippen LogP contribution is 2.12. The zero-order valence-corrected chi connectivity index (χ0v) is 10.0. The number of carbonyl (C=O) groups excluding carboxylic acids is 1. The predicted octanol–water partition coefficient (Wildman–Crippen LogP) is 2.36. The zero-order valence-electron chi connectivity index (χ0n) is 10.0. The number of rotatable bonds is 6. The zero-order chi connectivity index (χ0) is 12.7. The van der Waals surface area contributed by atoms with Crippen LogP contribution >= 0.6 is 0 Å². The molecule has 0 saturated heterocycles. The topological polar surface area (TPSA) is 38.7 Å². The highest BCUT2D eigenvalue weighted by atomic mass is 19.1. The Balaban J connectivity index is 2.79. The maximum atomic E-state index is 12.7. The first-order valence-corrected chi connectivity index (χ1v) is 5.40. The van der Waals surface area contributed by atoms with E-state index in [9.17, 15) is 9.18 Å². The average Bonchev–Trinajstić information content (AvgIpc) is 2.34. The fourth-order valence-electron chi connectivity index (χ4n) is 1.53. The largest absolute Gasteiger partial charge is 0.385 e. The number of carbonyl (C=O) groups is 1. The van der Waals surface area contributed by atoms with Crippen LogP contribution in [0.5, 0.6) is 0 Å². The molecule has 0 N–H and O–H groups in total. The average molecular weight is 237 g/mol. The molecule has 1 rings (SSSR count). The Hall–Kier alpha value is -1.55. The van der Waals surface area contributed by atoms with Gasteiger partial charge in [-0.1, -0.05) is 0 Å². The maximum Gasteiger partial charge on any atom is 0.171 e. The number of hydrogen-bond donors (Lipinski definition) is 0. The van der Waals surface area contributed by atoms with Crippen LogP contribution in [0.25, 0.3) is 0 Å². The van der Waals surface area contributed by atoms with Gasteiger partial charge in [0.15, 0.2) is 5.78 Å². The highest BCUT2D eigenvalue weighted by molar-refractivity contribution is 6.06. The van der Waals surface area contributed by atoms with Crippen molar-refractivity contribution < 1.29 is 13.9 Å². The second-order valence-corrected chi connectivity index (χ2v) is 3.67. The summed E-state index contributed by atoms with van der Waals surface area (Å²) in [7, 11) is 3.21. The standard InChI is InChI=1S/C13H16FNO2/c1-15-9-11(7-8-17-2)13(16)10-3-5-12(14)6-4-10/h3-6,9,11H,7-8H2,1-2H3/b15-9+. The van der Waals surface area contributed by atoms with Gasteiger partial charge in [-0.25, -0.2) is 4.39 Å². The summed E-state index contributed by atoms with van der Waals surface area (Å²) >= 11 is 0. The Bertz CT molecular complexity index is 387. The van der Waals surface area contributed by atoms with Crippen molar-refractivity contribution in [3.63, 3.8) is 0 Å². The first-order chi connectivity index (χ1) is 8.19. The molecule has 1 aromatic carbocycles. The summed E-state index contributed by atoms with van der Waals surface area (Å²) in [6, 6.07) is 5.54. The van der Waals surface area contributed by atoms with Crippen LogP contribution in [0, 0.1) is 11.7 Å². The van der Waals surface area contributed by atoms with Crippen LogP contribution in [-0.4, -0.2) is 32.8 Å². The van der Waals surface area contributed by atoms with Gasteiger partial charge in [-0.05, 0) is 30.7 Å². The minimum atomic E-state index is -0.348. The molecule has 0 fully saturated rings. The Labute approximate surface area is 100 Å². The first-order valence-electron chi connectivity index (χ1n) is 5.40. The van der Waals surface area contributed by atoms with E-state index in [1.807, 2.05) is 0 Å². The Morgan fingerprint density at radius 3 is 2.65 bits per heavy atom. The van der Waals surface area contributed by atoms with Crippen LogP contribution in [0.4, 0.5) is 4.39 Å². The predicted molar refractivity (Wildman–Crippen MR) is 65.1 cm³/mol. The lowest BCUT2D eigenvalue weighted by atomic mass is 9.96. The van der Waals surface area contributed by atoms with E-state index in [0.29, 0.717) is 18.6 Å². The van der Waals surface area contributed by atoms with Gasteiger partial charge in [-0.3, -0.25) is 4.79 Å². The molecule has 4 heteroatoms. The van der Waals surface area contributed by atoms with Crippen molar-refractivity contribution in [2.45, 2.75) is 6.42 Å². The van der Waals surface area contributed by atoms with Crippen LogP contribution in [0.1, 0.15) is 16.8 Å². The van der Waals surface area contributed by atoms with E-state index in [-0.39, 0.29) is 17.5 Å². The molecule has 0 heterocycles. The van der Waals surface area contributed by atoms with Crippen molar-refractivity contribution >= 4 is 12.0 Å². The van der Waals surface area contributed by atoms with Crippen LogP contribution in [0.15, 0.2) is 29.3 Å². The summed E-state index contributed by atoms with van der Waals surface area (Å²) in [5.74, 6) is -0.725. The third-order valence-corrected chi connectivity index (χ3v) is 2.43. The summed E-state index contributed by atoms with van der Waals surface area (Å²) in [5, 5.41) is 0. The van der Waals surface area contributed by atoms with E-state index >= 15 is 0 Å². The van der Waals surface area contributed by atoms with Crippen molar-refractivity contribution in [1.29, 1.82) is 0 Å². The SMILES string of the molecule is C/N=C/C(CCOC)C(=O)c1ccc(F)cc1. The van der Waals surface area contributed by atoms with E-state index in [2.05, 4.69) is 4.99 Å². The number of ketones is 1. The molecule has 0 saturated carbocycles. The molecule has 0 bridgehead atoms. The quantitative estimate of drug-likeness (QED) is 0.562. The summed E-state index contributed by atoms with van der Waals surface area (Å²) in [6.45, 7) is 0.490. The number of aliphatic imine (C=N–C) groups is 1. The molecule has 1 unspecified atom stereocenters. The number of methoxy groups -OCH3 is 1. The van der Waals surface area contributed by atoms with Crippen LogP contribution in [0.2, 0.25) is 0 Å². The Morgan fingerprint density at radius 1 is 1.47 bits per heavy atom. The molecule has 0 aliphatic carbocycles. The summed E-state index contributed by atoms with van der Waals surface area (Å²) in [4.78, 5) is 16.0. The van der Waals surface area contributed by atoms with Crippen LogP contribution < -0.4 is 0 Å². The third kappa shape index (κ3) is 4.07. The lowest BCUT2D eigenvalue weighted by Crippen LogP contribution is -2.18. The highest BCUT2D eigenvalue weighted by Gasteiger charge is 2.17. The molecular weight excluding hydrogens is 221 g/mol. The van der Waals surface area contributed by atoms with E-state index in [1.54, 1.807) is 20.4 Å². The second-order valence-electron chi connectivity index (χ2n) is 3.67. The summed E-state index contributed by atoms with van der Waals surface area (Å²) < 4.78 is 17.7. The summed E-state index contributed by atoms with van der Waals surface area (Å²) in [6.07, 6.45) is 2.18. The van der Waals surface area contributed by atoms with E-state index < -0.39 is 0 Å². The van der Waals surface area contributed by atoms with Gasteiger partial charge in [-0.15, -0.1) is 0 Å². The second kappa shape index (κ2) is 6.91. The van der Waals surface area contributed by atoms with E-state index in [0.717, 1.165) is 0 Å². The lowest BCUT2D eigenvalue weighted by Gasteiger charge is -2.10. The Kier molecular flexibility index (Phi) is 5.49. The number of Topliss-reactive ketones (excluding diaryl/α,β-unsaturated/α-hetero) is 1. The molecular formula is C13H16FNO2. The molecule has 17 heavy (non-hydrogen) atoms. The van der Waals surface area contributed by atoms with Crippen molar-refractivity contribution in [2.75, 3.05) is 20.8 Å². The third-order valence-electron chi connectivity index (χ3n) is 2.43. The molecule has 92 valence electrons. The molecule has 1 aromatic rings. The van der Waals surface area contributed by atoms with Crippen molar-refractivity contribution in [3.8, 4) is 0 Å². The van der Waals surface area contributed by atoms with Gasteiger partial charge in [-0.2, -0.15) is 0 Å². The smallest absolute Gasteiger partial charge is 0.171 e. The number of nitrogens with zero attached hydrogens (tertiary/aromatic N) is 1. The molecule has 0 aromatic heterocycles. The number of halogens is 1. The van der Waals surface area contributed by atoms with Gasteiger partial charge in [0.2, 0.25) is 0 Å². The van der Waals surface area contributed by atoms with Gasteiger partial charge in [0.1, 0.15) is 5.82 Å². The van der Waals surface area contributed by atoms with Crippen molar-refractivity contribution in [1.82, 2.24) is 0 Å². The van der Waals surface area contributed by atoms with E-state index in [1.165, 1.54) is 24.3 Å². The fraction of sp³-hybridized carbons (Fsp3) is 0.385. The van der Waals surface area contributed by atoms with Gasteiger partial charge in [0.25, 0.3) is 0 Å². The first kappa shape index (κ1) is 13.5. The molecule has 0 amide bonds. The fourth-order valence-corrected chi connectivity index (χ4v) is 1.53. The molecule has 0 aliphatic heterocycles. The maximum absolute atomic E-state index is 12.7. The van der Waals surface area contributed by atoms with Crippen LogP contribution in [-0.2, 0) is 4.74 Å². The normalized spacial score (nSPS) is 12.9. The van der Waals surface area contributed by atoms with Gasteiger partial charge >= 0.3 is 0 Å². The minimum Gasteiger partial charge on any atom is -0.385 e. The minimum absolute atomic E-state index is 0.0624. The summed E-state index contributed by atoms with van der Waals surface area (Å²) in [5.41, 5.74) is 0.493. The van der Waals surface area contributed by atoms with Gasteiger partial charge in [0.05, 0.1) is 5.92 Å². The van der Waals surface area contributed by atoms with Crippen molar-refractivity contribution in [3.05, 3.63) is 35.6 Å². The lowest BCUT2D eigenvalue weighted by molar-refractivity contribution is 0.0928.